The molecule has 1 rings (SSSR count). The van der Waals surface area contributed by atoms with Crippen LogP contribution < -0.4 is 0 Å². The van der Waals surface area contributed by atoms with E-state index in [4.69, 9.17) is 0 Å². The Morgan fingerprint density at radius 1 is 1.33 bits per heavy atom. The van der Waals surface area contributed by atoms with Crippen LogP contribution in [0, 0.1) is 0 Å². The highest BCUT2D eigenvalue weighted by Gasteiger charge is 2.22. The molecule has 1 saturated heterocycles. The molecule has 1 radical (unpaired) electrons. The van der Waals surface area contributed by atoms with E-state index in [0.29, 0.717) is 0 Å². The molecular weight excluding hydrogens is 156 g/mol. The minimum absolute atomic E-state index is 0.307. The SMILES string of the molecule is [O]C(=O)C1SCCCS1. The second-order valence-electron chi connectivity index (χ2n) is 1.75. The van der Waals surface area contributed by atoms with Crippen LogP contribution in [0.1, 0.15) is 6.42 Å². The van der Waals surface area contributed by atoms with Crippen molar-refractivity contribution < 1.29 is 9.90 Å². The third kappa shape index (κ3) is 2.10. The molecule has 0 spiro atoms. The Morgan fingerprint density at radius 2 is 1.89 bits per heavy atom. The lowest BCUT2D eigenvalue weighted by molar-refractivity contribution is -0.140. The number of rotatable bonds is 1. The van der Waals surface area contributed by atoms with Crippen molar-refractivity contribution in [2.24, 2.45) is 0 Å². The molecule has 4 heteroatoms. The molecule has 0 aromatic carbocycles. The second kappa shape index (κ2) is 3.37. The van der Waals surface area contributed by atoms with Gasteiger partial charge in [0.1, 0.15) is 0 Å². The van der Waals surface area contributed by atoms with Crippen LogP contribution in [0.25, 0.3) is 0 Å². The van der Waals surface area contributed by atoms with E-state index in [0.717, 1.165) is 17.9 Å². The highest BCUT2D eigenvalue weighted by Crippen LogP contribution is 2.30. The van der Waals surface area contributed by atoms with Crippen LogP contribution in [0.2, 0.25) is 0 Å². The Bertz CT molecular complexity index is 110. The van der Waals surface area contributed by atoms with Gasteiger partial charge in [-0.1, -0.05) is 0 Å². The Kier molecular flexibility index (Phi) is 2.72. The van der Waals surface area contributed by atoms with E-state index in [1.807, 2.05) is 0 Å². The van der Waals surface area contributed by atoms with Gasteiger partial charge in [-0.25, -0.2) is 9.90 Å². The van der Waals surface area contributed by atoms with Crippen molar-refractivity contribution in [3.05, 3.63) is 0 Å². The summed E-state index contributed by atoms with van der Waals surface area (Å²) in [7, 11) is 0. The van der Waals surface area contributed by atoms with Gasteiger partial charge in [-0.2, -0.15) is 0 Å². The van der Waals surface area contributed by atoms with Gasteiger partial charge in [-0.05, 0) is 17.9 Å². The molecule has 9 heavy (non-hydrogen) atoms. The summed E-state index contributed by atoms with van der Waals surface area (Å²) in [6, 6.07) is 0. The van der Waals surface area contributed by atoms with Crippen LogP contribution in [0.3, 0.4) is 0 Å². The van der Waals surface area contributed by atoms with E-state index in [9.17, 15) is 9.90 Å². The lowest BCUT2D eigenvalue weighted by atomic mass is 10.6. The first-order valence-electron chi connectivity index (χ1n) is 2.75. The van der Waals surface area contributed by atoms with E-state index in [1.54, 1.807) is 0 Å². The topological polar surface area (TPSA) is 37.0 Å². The molecule has 1 aliphatic rings. The highest BCUT2D eigenvalue weighted by atomic mass is 32.2. The summed E-state index contributed by atoms with van der Waals surface area (Å²) < 4.78 is -0.307. The van der Waals surface area contributed by atoms with Crippen LogP contribution in [-0.2, 0) is 9.90 Å². The molecule has 0 atom stereocenters. The smallest absolute Gasteiger partial charge is 0.245 e. The minimum atomic E-state index is -0.926. The highest BCUT2D eigenvalue weighted by molar-refractivity contribution is 8.18. The first kappa shape index (κ1) is 7.28. The second-order valence-corrected chi connectivity index (χ2v) is 4.47. The van der Waals surface area contributed by atoms with E-state index in [2.05, 4.69) is 0 Å². The van der Waals surface area contributed by atoms with Gasteiger partial charge in [0, 0.05) is 0 Å². The van der Waals surface area contributed by atoms with E-state index in [-0.39, 0.29) is 4.58 Å². The van der Waals surface area contributed by atoms with Crippen LogP contribution in [-0.4, -0.2) is 22.1 Å². The van der Waals surface area contributed by atoms with Crippen LogP contribution in [0.4, 0.5) is 0 Å². The quantitative estimate of drug-likeness (QED) is 0.581. The van der Waals surface area contributed by atoms with Gasteiger partial charge >= 0.3 is 5.97 Å². The molecule has 0 bridgehead atoms. The van der Waals surface area contributed by atoms with Gasteiger partial charge in [-0.15, -0.1) is 23.5 Å². The van der Waals surface area contributed by atoms with Crippen LogP contribution in [0.5, 0.6) is 0 Å². The van der Waals surface area contributed by atoms with Crippen molar-refractivity contribution >= 4 is 29.5 Å². The molecule has 0 amide bonds. The first-order valence-corrected chi connectivity index (χ1v) is 4.84. The number of carbonyl (C=O) groups excluding carboxylic acids is 1. The van der Waals surface area contributed by atoms with Crippen LogP contribution in [0.15, 0.2) is 0 Å². The molecule has 0 unspecified atom stereocenters. The van der Waals surface area contributed by atoms with Gasteiger partial charge in [0.15, 0.2) is 4.58 Å². The molecule has 2 nitrogen and oxygen atoms in total. The number of hydrogen-bond donors (Lipinski definition) is 0. The molecule has 1 aliphatic heterocycles. The van der Waals surface area contributed by atoms with E-state index < -0.39 is 5.97 Å². The predicted molar refractivity (Wildman–Crippen MR) is 39.0 cm³/mol. The van der Waals surface area contributed by atoms with Gasteiger partial charge in [-0.3, -0.25) is 0 Å². The zero-order valence-electron chi connectivity index (χ0n) is 4.83. The molecule has 0 saturated carbocycles. The maximum atomic E-state index is 10.2. The van der Waals surface area contributed by atoms with Crippen molar-refractivity contribution in [2.75, 3.05) is 11.5 Å². The number of hydrogen-bond acceptors (Lipinski definition) is 3. The molecule has 0 aromatic rings. The van der Waals surface area contributed by atoms with Gasteiger partial charge in [0.25, 0.3) is 0 Å². The standard InChI is InChI=1S/C5H7O2S2/c6-4(7)5-8-2-1-3-9-5/h5H,1-3H2. The van der Waals surface area contributed by atoms with Crippen molar-refractivity contribution in [2.45, 2.75) is 11.0 Å². The Morgan fingerprint density at radius 3 is 2.22 bits per heavy atom. The maximum Gasteiger partial charge on any atom is 0.378 e. The monoisotopic (exact) mass is 163 g/mol. The summed E-state index contributed by atoms with van der Waals surface area (Å²) in [6.45, 7) is 0. The Balaban J connectivity index is 2.31. The zero-order chi connectivity index (χ0) is 6.69. The molecule has 51 valence electrons. The van der Waals surface area contributed by atoms with Gasteiger partial charge in [0.2, 0.25) is 0 Å². The number of thioether (sulfide) groups is 2. The van der Waals surface area contributed by atoms with Gasteiger partial charge < -0.3 is 0 Å². The molecule has 0 N–H and O–H groups in total. The van der Waals surface area contributed by atoms with Crippen molar-refractivity contribution in [1.82, 2.24) is 0 Å². The molecule has 0 aliphatic carbocycles. The molecule has 1 heterocycles. The molecule has 1 fully saturated rings. The first-order chi connectivity index (χ1) is 4.30. The number of carbonyl (C=O) groups is 1. The fourth-order valence-electron chi connectivity index (χ4n) is 0.624. The summed E-state index contributed by atoms with van der Waals surface area (Å²) in [6.07, 6.45) is 1.12. The average molecular weight is 163 g/mol. The lowest BCUT2D eigenvalue weighted by Gasteiger charge is -2.14. The maximum absolute atomic E-state index is 10.2. The van der Waals surface area contributed by atoms with E-state index in [1.165, 1.54) is 23.5 Å². The summed E-state index contributed by atoms with van der Waals surface area (Å²) in [5, 5.41) is 10.2. The normalized spacial score (nSPS) is 21.8. The summed E-state index contributed by atoms with van der Waals surface area (Å²) in [5.41, 5.74) is 0. The fourth-order valence-corrected chi connectivity index (χ4v) is 3.09. The minimum Gasteiger partial charge on any atom is -0.245 e. The Hall–Kier alpha value is 0.170. The lowest BCUT2D eigenvalue weighted by Crippen LogP contribution is -2.15. The van der Waals surface area contributed by atoms with Crippen LogP contribution >= 0.6 is 23.5 Å². The Labute approximate surface area is 62.4 Å². The third-order valence-corrected chi connectivity index (χ3v) is 3.88. The molecule has 0 aromatic heterocycles. The van der Waals surface area contributed by atoms with Crippen molar-refractivity contribution in [3.8, 4) is 0 Å². The molecular formula is C5H7O2S2. The van der Waals surface area contributed by atoms with E-state index >= 15 is 0 Å². The fraction of sp³-hybridized carbons (Fsp3) is 0.800. The predicted octanol–water partition coefficient (Wildman–Crippen LogP) is 1.14. The zero-order valence-corrected chi connectivity index (χ0v) is 6.46. The largest absolute Gasteiger partial charge is 0.378 e. The van der Waals surface area contributed by atoms with Gasteiger partial charge in [0.05, 0.1) is 0 Å². The third-order valence-electron chi connectivity index (χ3n) is 1.02. The van der Waals surface area contributed by atoms with Crippen molar-refractivity contribution in [1.29, 1.82) is 0 Å². The average Bonchev–Trinajstić information content (AvgIpc) is 1.90. The summed E-state index contributed by atoms with van der Waals surface area (Å²) in [5.74, 6) is 1.00. The van der Waals surface area contributed by atoms with Crippen molar-refractivity contribution in [3.63, 3.8) is 0 Å². The summed E-state index contributed by atoms with van der Waals surface area (Å²) in [4.78, 5) is 10.2. The summed E-state index contributed by atoms with van der Waals surface area (Å²) >= 11 is 2.94.